The van der Waals surface area contributed by atoms with E-state index in [0.29, 0.717) is 16.9 Å². The first kappa shape index (κ1) is 31.7. The summed E-state index contributed by atoms with van der Waals surface area (Å²) in [5, 5.41) is 21.9. The van der Waals surface area contributed by atoms with Crippen LogP contribution in [0.1, 0.15) is 36.6 Å². The second kappa shape index (κ2) is 12.0. The van der Waals surface area contributed by atoms with Gasteiger partial charge in [-0.2, -0.15) is 5.26 Å². The minimum absolute atomic E-state index is 0.0533. The molecule has 0 aliphatic carbocycles. The van der Waals surface area contributed by atoms with Crippen LogP contribution in [0.4, 0.5) is 34.8 Å². The monoisotopic (exact) mass is 641 g/mol. The number of aromatic nitrogens is 2. The molecule has 3 aromatic rings. The lowest BCUT2D eigenvalue weighted by Gasteiger charge is -2.43. The van der Waals surface area contributed by atoms with Gasteiger partial charge < -0.3 is 20.6 Å². The topological polar surface area (TPSA) is 123 Å². The number of carbonyl (C=O) groups is 1. The highest BCUT2D eigenvalue weighted by atomic mass is 35.5. The Kier molecular flexibility index (Phi) is 8.48. The molecule has 2 aliphatic rings. The van der Waals surface area contributed by atoms with Gasteiger partial charge in [0, 0.05) is 37.9 Å². The lowest BCUT2D eigenvalue weighted by molar-refractivity contribution is -0.127. The van der Waals surface area contributed by atoms with E-state index in [1.54, 1.807) is 29.0 Å². The second-order valence-electron chi connectivity index (χ2n) is 10.9. The van der Waals surface area contributed by atoms with Gasteiger partial charge in [-0.15, -0.1) is 0 Å². The zero-order chi connectivity index (χ0) is 32.9. The van der Waals surface area contributed by atoms with E-state index in [2.05, 4.69) is 22.6 Å². The van der Waals surface area contributed by atoms with Crippen LogP contribution in [0.2, 0.25) is 5.02 Å². The van der Waals surface area contributed by atoms with Gasteiger partial charge in [-0.3, -0.25) is 14.7 Å². The number of nitriles is 1. The number of piperazine rings is 1. The molecule has 0 saturated carbocycles. The van der Waals surface area contributed by atoms with Crippen LogP contribution in [0, 0.1) is 41.5 Å². The molecular formula is C31H28ClF4N7O2. The summed E-state index contributed by atoms with van der Waals surface area (Å²) in [6, 6.07) is 5.11. The van der Waals surface area contributed by atoms with Crippen LogP contribution >= 0.6 is 11.6 Å². The zero-order valence-electron chi connectivity index (χ0n) is 24.5. The first-order valence-electron chi connectivity index (χ1n) is 13.9. The smallest absolute Gasteiger partial charge is 0.246 e. The third-order valence-electron chi connectivity index (χ3n) is 7.88. The van der Waals surface area contributed by atoms with E-state index < -0.39 is 46.4 Å². The van der Waals surface area contributed by atoms with E-state index in [1.165, 1.54) is 17.0 Å². The lowest BCUT2D eigenvalue weighted by Crippen LogP contribution is -2.49. The molecule has 0 bridgehead atoms. The predicted octanol–water partition coefficient (Wildman–Crippen LogP) is 5.40. The van der Waals surface area contributed by atoms with Crippen molar-refractivity contribution in [3.05, 3.63) is 81.7 Å². The van der Waals surface area contributed by atoms with E-state index >= 15 is 4.39 Å². The summed E-state index contributed by atoms with van der Waals surface area (Å²) in [5.74, 6) is -8.31. The van der Waals surface area contributed by atoms with Gasteiger partial charge in [0.2, 0.25) is 5.91 Å². The molecule has 1 atom stereocenters. The van der Waals surface area contributed by atoms with Crippen molar-refractivity contribution in [1.82, 2.24) is 19.8 Å². The molecular weight excluding hydrogens is 614 g/mol. The average molecular weight is 642 g/mol. The summed E-state index contributed by atoms with van der Waals surface area (Å²) < 4.78 is 58.3. The van der Waals surface area contributed by atoms with Gasteiger partial charge in [-0.25, -0.2) is 22.5 Å². The Balaban J connectivity index is 1.82. The number of pyridine rings is 2. The van der Waals surface area contributed by atoms with Crippen molar-refractivity contribution in [3.63, 3.8) is 0 Å². The molecule has 234 valence electrons. The number of aliphatic hydroxyl groups excluding tert-OH is 1. The first-order valence-corrected chi connectivity index (χ1v) is 14.3. The number of amides is 1. The number of carbonyl (C=O) groups excluding carboxylic acids is 1. The van der Waals surface area contributed by atoms with Gasteiger partial charge in [-0.05, 0) is 36.6 Å². The van der Waals surface area contributed by atoms with Crippen LogP contribution < -0.4 is 10.6 Å². The lowest BCUT2D eigenvalue weighted by atomic mass is 9.94. The molecule has 14 heteroatoms. The molecule has 1 unspecified atom stereocenters. The zero-order valence-corrected chi connectivity index (χ0v) is 25.3. The van der Waals surface area contributed by atoms with Crippen LogP contribution in [0.5, 0.6) is 0 Å². The Labute approximate surface area is 261 Å². The first-order chi connectivity index (χ1) is 21.3. The van der Waals surface area contributed by atoms with E-state index in [0.717, 1.165) is 0 Å². The van der Waals surface area contributed by atoms with Gasteiger partial charge in [0.05, 0.1) is 39.0 Å². The van der Waals surface area contributed by atoms with E-state index in [4.69, 9.17) is 17.3 Å². The third-order valence-corrected chi connectivity index (χ3v) is 8.17. The fourth-order valence-electron chi connectivity index (χ4n) is 5.67. The Bertz CT molecular complexity index is 1790. The highest BCUT2D eigenvalue weighted by molar-refractivity contribution is 6.33. The normalized spacial score (nSPS) is 16.6. The number of anilines is 3. The van der Waals surface area contributed by atoms with Crippen molar-refractivity contribution in [2.75, 3.05) is 36.8 Å². The fourth-order valence-corrected chi connectivity index (χ4v) is 5.92. The maximum absolute atomic E-state index is 15.2. The van der Waals surface area contributed by atoms with Gasteiger partial charge in [0.15, 0.2) is 29.5 Å². The number of nitrogens with zero attached hydrogens (tertiary/aromatic N) is 6. The second-order valence-corrected chi connectivity index (χ2v) is 11.3. The number of fused-ring (bicyclic) bond motifs is 1. The maximum atomic E-state index is 15.2. The van der Waals surface area contributed by atoms with E-state index in [9.17, 15) is 28.3 Å². The van der Waals surface area contributed by atoms with Crippen molar-refractivity contribution < 1.29 is 27.5 Å². The third kappa shape index (κ3) is 5.13. The molecule has 0 spiro atoms. The molecule has 1 amide bonds. The standard InChI is InChI=1S/C31H28ClF4N7O2/c1-5-19(44)41-8-10-42(11-9-41)29-16-12-18(32)27(20-21(33)22(34)23(35)24(36)25(20)38)40-30(16)43(31(45)17(29)13-37)28-15(4)6-7-39-26(28)14(2)3/h5-7,12,14,31,45H,1,8-11,38H2,2-4H3. The number of benzene rings is 1. The van der Waals surface area contributed by atoms with Crippen LogP contribution in [-0.2, 0) is 4.79 Å². The Hall–Kier alpha value is -4.67. The van der Waals surface area contributed by atoms with Gasteiger partial charge in [0.1, 0.15) is 17.5 Å². The van der Waals surface area contributed by atoms with E-state index in [-0.39, 0.29) is 65.7 Å². The highest BCUT2D eigenvalue weighted by Crippen LogP contribution is 2.48. The summed E-state index contributed by atoms with van der Waals surface area (Å²) in [6.45, 7) is 10.1. The summed E-state index contributed by atoms with van der Waals surface area (Å²) in [5.41, 5.74) is 5.22. The van der Waals surface area contributed by atoms with Crippen LogP contribution in [0.25, 0.3) is 17.0 Å². The van der Waals surface area contributed by atoms with Crippen molar-refractivity contribution in [2.24, 2.45) is 0 Å². The minimum atomic E-state index is -2.10. The predicted molar refractivity (Wildman–Crippen MR) is 161 cm³/mol. The number of rotatable bonds is 5. The van der Waals surface area contributed by atoms with Crippen molar-refractivity contribution in [2.45, 2.75) is 32.9 Å². The number of aryl methyl sites for hydroxylation is 1. The number of nitrogen functional groups attached to an aromatic ring is 1. The molecule has 1 saturated heterocycles. The van der Waals surface area contributed by atoms with Crippen LogP contribution in [0.15, 0.2) is 36.6 Å². The molecule has 3 N–H and O–H groups in total. The number of hydrogen-bond donors (Lipinski definition) is 2. The van der Waals surface area contributed by atoms with Crippen molar-refractivity contribution in [3.8, 4) is 17.3 Å². The van der Waals surface area contributed by atoms with Crippen LogP contribution in [-0.4, -0.2) is 63.2 Å². The molecule has 0 radical (unpaired) electrons. The van der Waals surface area contributed by atoms with Gasteiger partial charge >= 0.3 is 0 Å². The fraction of sp³-hybridized carbons (Fsp3) is 0.290. The maximum Gasteiger partial charge on any atom is 0.246 e. The summed E-state index contributed by atoms with van der Waals surface area (Å²) in [4.78, 5) is 25.9. The number of hydrogen-bond acceptors (Lipinski definition) is 8. The molecule has 1 fully saturated rings. The molecule has 4 heterocycles. The Morgan fingerprint density at radius 2 is 1.82 bits per heavy atom. The number of aliphatic hydroxyl groups is 1. The van der Waals surface area contributed by atoms with Gasteiger partial charge in [0.25, 0.3) is 0 Å². The van der Waals surface area contributed by atoms with Crippen LogP contribution in [0.3, 0.4) is 0 Å². The van der Waals surface area contributed by atoms with E-state index in [1.807, 2.05) is 13.8 Å². The quantitative estimate of drug-likeness (QED) is 0.125. The largest absolute Gasteiger partial charge is 0.396 e. The summed E-state index contributed by atoms with van der Waals surface area (Å²) >= 11 is 6.60. The molecule has 9 nitrogen and oxygen atoms in total. The van der Waals surface area contributed by atoms with Gasteiger partial charge in [-0.1, -0.05) is 32.0 Å². The Morgan fingerprint density at radius 3 is 2.42 bits per heavy atom. The number of nitrogens with two attached hydrogens (primary N) is 1. The Morgan fingerprint density at radius 1 is 1.18 bits per heavy atom. The van der Waals surface area contributed by atoms with Crippen molar-refractivity contribution >= 4 is 40.4 Å². The highest BCUT2D eigenvalue weighted by Gasteiger charge is 2.41. The summed E-state index contributed by atoms with van der Waals surface area (Å²) in [7, 11) is 0. The average Bonchev–Trinajstić information content (AvgIpc) is 3.02. The summed E-state index contributed by atoms with van der Waals surface area (Å²) in [6.07, 6.45) is 1.13. The molecule has 45 heavy (non-hydrogen) atoms. The molecule has 1 aromatic carbocycles. The van der Waals surface area contributed by atoms with Crippen molar-refractivity contribution in [1.29, 1.82) is 5.26 Å². The minimum Gasteiger partial charge on any atom is -0.396 e. The SMILES string of the molecule is C=CC(=O)N1CCN(C2=C(C#N)C(O)N(c3c(C)ccnc3C(C)C)c3nc(-c4c(N)c(F)c(F)c(F)c4F)c(Cl)cc32)CC1. The molecule has 5 rings (SSSR count). The molecule has 2 aliphatic heterocycles. The molecule has 2 aromatic heterocycles. The number of halogens is 5.